The molecule has 1 fully saturated rings. The van der Waals surface area contributed by atoms with Gasteiger partial charge in [-0.05, 0) is 24.4 Å². The van der Waals surface area contributed by atoms with Crippen LogP contribution >= 0.6 is 11.3 Å². The van der Waals surface area contributed by atoms with Gasteiger partial charge in [0.2, 0.25) is 5.91 Å². The number of nitrogens with one attached hydrogen (secondary N) is 2. The Bertz CT molecular complexity index is 405. The fourth-order valence-corrected chi connectivity index (χ4v) is 3.29. The van der Waals surface area contributed by atoms with E-state index in [2.05, 4.69) is 40.0 Å². The molecule has 0 radical (unpaired) electrons. The predicted octanol–water partition coefficient (Wildman–Crippen LogP) is 1.24. The summed E-state index contributed by atoms with van der Waals surface area (Å²) in [5.74, 6) is 0.0678. The van der Waals surface area contributed by atoms with E-state index in [-0.39, 0.29) is 11.9 Å². The molecule has 1 unspecified atom stereocenters. The van der Waals surface area contributed by atoms with Crippen molar-refractivity contribution in [3.63, 3.8) is 0 Å². The molecule has 0 aromatic carbocycles. The minimum absolute atomic E-state index is 0.0678. The lowest BCUT2D eigenvalue weighted by atomic mass is 10.2. The maximum absolute atomic E-state index is 11.9. The third-order valence-electron chi connectivity index (χ3n) is 3.56. The molecule has 1 atom stereocenters. The topological polar surface area (TPSA) is 53.6 Å². The average molecular weight is 311 g/mol. The summed E-state index contributed by atoms with van der Waals surface area (Å²) in [6, 6.07) is 4.47. The number of hydrogen-bond donors (Lipinski definition) is 2. The van der Waals surface area contributed by atoms with E-state index in [9.17, 15) is 4.79 Å². The minimum Gasteiger partial charge on any atom is -0.379 e. The van der Waals surface area contributed by atoms with Crippen LogP contribution < -0.4 is 10.6 Å². The number of carbonyl (C=O) groups is 1. The maximum atomic E-state index is 11.9. The van der Waals surface area contributed by atoms with Gasteiger partial charge in [0, 0.05) is 24.5 Å². The van der Waals surface area contributed by atoms with Gasteiger partial charge >= 0.3 is 0 Å². The molecular weight excluding hydrogens is 286 g/mol. The molecular formula is C15H25N3O2S. The highest BCUT2D eigenvalue weighted by molar-refractivity contribution is 7.10. The largest absolute Gasteiger partial charge is 0.379 e. The van der Waals surface area contributed by atoms with Crippen LogP contribution in [-0.2, 0) is 9.53 Å². The smallest absolute Gasteiger partial charge is 0.234 e. The van der Waals surface area contributed by atoms with E-state index in [4.69, 9.17) is 4.74 Å². The van der Waals surface area contributed by atoms with Crippen molar-refractivity contribution in [2.24, 2.45) is 0 Å². The summed E-state index contributed by atoms with van der Waals surface area (Å²) in [4.78, 5) is 15.6. The van der Waals surface area contributed by atoms with Crippen LogP contribution in [0.4, 0.5) is 0 Å². The van der Waals surface area contributed by atoms with Gasteiger partial charge < -0.3 is 15.4 Å². The average Bonchev–Trinajstić information content (AvgIpc) is 3.03. The first-order valence-corrected chi connectivity index (χ1v) is 8.52. The molecule has 0 bridgehead atoms. The van der Waals surface area contributed by atoms with Gasteiger partial charge in [0.15, 0.2) is 0 Å². The van der Waals surface area contributed by atoms with Crippen LogP contribution in [0.5, 0.6) is 0 Å². The quantitative estimate of drug-likeness (QED) is 0.709. The lowest BCUT2D eigenvalue weighted by Gasteiger charge is -2.34. The van der Waals surface area contributed by atoms with Crippen LogP contribution in [0.2, 0.25) is 0 Å². The summed E-state index contributed by atoms with van der Waals surface area (Å²) in [6.45, 7) is 7.42. The summed E-state index contributed by atoms with van der Waals surface area (Å²) in [5.41, 5.74) is 0. The van der Waals surface area contributed by atoms with Gasteiger partial charge in [-0.25, -0.2) is 0 Å². The number of nitrogens with zero attached hydrogens (tertiary/aromatic N) is 1. The Morgan fingerprint density at radius 2 is 2.29 bits per heavy atom. The molecule has 0 aliphatic carbocycles. The van der Waals surface area contributed by atoms with Crippen molar-refractivity contribution in [3.8, 4) is 0 Å². The van der Waals surface area contributed by atoms with Gasteiger partial charge in [-0.15, -0.1) is 11.3 Å². The monoisotopic (exact) mass is 311 g/mol. The minimum atomic E-state index is 0.0678. The highest BCUT2D eigenvalue weighted by Crippen LogP contribution is 2.25. The number of amides is 1. The van der Waals surface area contributed by atoms with Crippen LogP contribution in [0.25, 0.3) is 0 Å². The van der Waals surface area contributed by atoms with Crippen molar-refractivity contribution >= 4 is 17.2 Å². The lowest BCUT2D eigenvalue weighted by Crippen LogP contribution is -2.44. The fraction of sp³-hybridized carbons (Fsp3) is 0.667. The molecule has 1 aliphatic rings. The van der Waals surface area contributed by atoms with E-state index in [0.717, 1.165) is 39.3 Å². The van der Waals surface area contributed by atoms with Crippen molar-refractivity contribution in [2.45, 2.75) is 19.4 Å². The second-order valence-corrected chi connectivity index (χ2v) is 6.14. The Kier molecular flexibility index (Phi) is 7.15. The first kappa shape index (κ1) is 16.4. The molecule has 1 saturated heterocycles. The number of morpholine rings is 1. The molecule has 2 heterocycles. The fourth-order valence-electron chi connectivity index (χ4n) is 2.43. The van der Waals surface area contributed by atoms with Gasteiger partial charge in [0.05, 0.1) is 25.8 Å². The summed E-state index contributed by atoms with van der Waals surface area (Å²) in [6.07, 6.45) is 1.04. The van der Waals surface area contributed by atoms with Crippen molar-refractivity contribution in [1.82, 2.24) is 15.5 Å². The summed E-state index contributed by atoms with van der Waals surface area (Å²) >= 11 is 1.75. The zero-order chi connectivity index (χ0) is 14.9. The SMILES string of the molecule is CCCNCC(=O)NCC(c1cccs1)N1CCOCC1. The van der Waals surface area contributed by atoms with Crippen molar-refractivity contribution in [3.05, 3.63) is 22.4 Å². The Balaban J connectivity index is 1.86. The van der Waals surface area contributed by atoms with Gasteiger partial charge in [0.1, 0.15) is 0 Å². The van der Waals surface area contributed by atoms with E-state index >= 15 is 0 Å². The molecule has 1 aliphatic heterocycles. The molecule has 2 N–H and O–H groups in total. The maximum Gasteiger partial charge on any atom is 0.234 e. The molecule has 1 aromatic heterocycles. The highest BCUT2D eigenvalue weighted by atomic mass is 32.1. The molecule has 6 heteroatoms. The van der Waals surface area contributed by atoms with E-state index < -0.39 is 0 Å². The van der Waals surface area contributed by atoms with Crippen molar-refractivity contribution < 1.29 is 9.53 Å². The second kappa shape index (κ2) is 9.15. The molecule has 0 spiro atoms. The second-order valence-electron chi connectivity index (χ2n) is 5.16. The van der Waals surface area contributed by atoms with E-state index in [1.54, 1.807) is 11.3 Å². The first-order valence-electron chi connectivity index (χ1n) is 7.64. The number of carbonyl (C=O) groups excluding carboxylic acids is 1. The molecule has 5 nitrogen and oxygen atoms in total. The summed E-state index contributed by atoms with van der Waals surface area (Å²) in [7, 11) is 0. The predicted molar refractivity (Wildman–Crippen MR) is 85.6 cm³/mol. The standard InChI is InChI=1S/C15H25N3O2S/c1-2-5-16-12-15(19)17-11-13(14-4-3-10-21-14)18-6-8-20-9-7-18/h3-4,10,13,16H,2,5-9,11-12H2,1H3,(H,17,19). The number of ether oxygens (including phenoxy) is 1. The molecule has 2 rings (SSSR count). The van der Waals surface area contributed by atoms with Crippen LogP contribution in [-0.4, -0.2) is 56.7 Å². The van der Waals surface area contributed by atoms with E-state index in [1.165, 1.54) is 4.88 Å². The van der Waals surface area contributed by atoms with Gasteiger partial charge in [-0.2, -0.15) is 0 Å². The molecule has 118 valence electrons. The number of thiophene rings is 1. The third kappa shape index (κ3) is 5.39. The van der Waals surface area contributed by atoms with Crippen molar-refractivity contribution in [2.75, 3.05) is 45.9 Å². The lowest BCUT2D eigenvalue weighted by molar-refractivity contribution is -0.120. The Hall–Kier alpha value is -0.950. The Morgan fingerprint density at radius 3 is 2.95 bits per heavy atom. The number of hydrogen-bond acceptors (Lipinski definition) is 5. The van der Waals surface area contributed by atoms with Crippen LogP contribution in [0.3, 0.4) is 0 Å². The Morgan fingerprint density at radius 1 is 1.48 bits per heavy atom. The number of rotatable bonds is 8. The van der Waals surface area contributed by atoms with Crippen LogP contribution in [0.1, 0.15) is 24.3 Å². The van der Waals surface area contributed by atoms with Gasteiger partial charge in [-0.3, -0.25) is 9.69 Å². The zero-order valence-corrected chi connectivity index (χ0v) is 13.5. The van der Waals surface area contributed by atoms with Gasteiger partial charge in [0.25, 0.3) is 0 Å². The van der Waals surface area contributed by atoms with Crippen LogP contribution in [0, 0.1) is 0 Å². The van der Waals surface area contributed by atoms with Crippen molar-refractivity contribution in [1.29, 1.82) is 0 Å². The zero-order valence-electron chi connectivity index (χ0n) is 12.6. The third-order valence-corrected chi connectivity index (χ3v) is 4.54. The molecule has 1 aromatic rings. The molecule has 0 saturated carbocycles. The normalized spacial score (nSPS) is 17.6. The van der Waals surface area contributed by atoms with E-state index in [0.29, 0.717) is 13.1 Å². The van der Waals surface area contributed by atoms with Gasteiger partial charge in [-0.1, -0.05) is 13.0 Å². The Labute approximate surface area is 130 Å². The highest BCUT2D eigenvalue weighted by Gasteiger charge is 2.23. The first-order chi connectivity index (χ1) is 10.3. The summed E-state index contributed by atoms with van der Waals surface area (Å²) in [5, 5.41) is 8.27. The molecule has 1 amide bonds. The summed E-state index contributed by atoms with van der Waals surface area (Å²) < 4.78 is 5.42. The molecule has 21 heavy (non-hydrogen) atoms. The van der Waals surface area contributed by atoms with E-state index in [1.807, 2.05) is 0 Å². The van der Waals surface area contributed by atoms with Crippen LogP contribution in [0.15, 0.2) is 17.5 Å².